The summed E-state index contributed by atoms with van der Waals surface area (Å²) in [5.41, 5.74) is 3.92. The van der Waals surface area contributed by atoms with Crippen LogP contribution in [0.2, 0.25) is 0 Å². The first kappa shape index (κ1) is 27.5. The molecular formula is C29H41N3O5. The van der Waals surface area contributed by atoms with Crippen molar-refractivity contribution < 1.29 is 24.1 Å². The van der Waals surface area contributed by atoms with Crippen LogP contribution in [-0.2, 0) is 27.4 Å². The first-order valence-corrected chi connectivity index (χ1v) is 13.4. The number of nitrogens with one attached hydrogen (secondary N) is 2. The second kappa shape index (κ2) is 13.3. The SMILES string of the molecule is CCNC(=O)NCc1ccc([C@@H]2O[C@H](CN3CCC[C@H]3COC)[C@H](C)[C@H](c3ccc(CO)cc3)O2)cc1. The van der Waals surface area contributed by atoms with Gasteiger partial charge in [-0.3, -0.25) is 4.90 Å². The highest BCUT2D eigenvalue weighted by molar-refractivity contribution is 5.73. The molecule has 0 aliphatic carbocycles. The quantitative estimate of drug-likeness (QED) is 0.448. The van der Waals surface area contributed by atoms with Crippen LogP contribution in [0.1, 0.15) is 61.3 Å². The minimum Gasteiger partial charge on any atom is -0.392 e. The van der Waals surface area contributed by atoms with Crippen LogP contribution in [0.4, 0.5) is 4.79 Å². The second-order valence-corrected chi connectivity index (χ2v) is 10.0. The number of likely N-dealkylation sites (tertiary alicyclic amines) is 1. The average molecular weight is 512 g/mol. The molecule has 2 aliphatic rings. The van der Waals surface area contributed by atoms with E-state index in [0.29, 0.717) is 19.1 Å². The Hall–Kier alpha value is -2.49. The molecule has 2 heterocycles. The van der Waals surface area contributed by atoms with Gasteiger partial charge in [0.2, 0.25) is 0 Å². The van der Waals surface area contributed by atoms with Crippen molar-refractivity contribution in [3.05, 3.63) is 70.8 Å². The molecule has 0 unspecified atom stereocenters. The van der Waals surface area contributed by atoms with Crippen molar-refractivity contribution >= 4 is 6.03 Å². The van der Waals surface area contributed by atoms with E-state index in [1.165, 1.54) is 6.42 Å². The molecule has 0 spiro atoms. The second-order valence-electron chi connectivity index (χ2n) is 10.0. The molecule has 2 amide bonds. The van der Waals surface area contributed by atoms with Gasteiger partial charge >= 0.3 is 6.03 Å². The number of amides is 2. The van der Waals surface area contributed by atoms with Gasteiger partial charge in [-0.1, -0.05) is 55.5 Å². The molecule has 202 valence electrons. The number of hydrogen-bond donors (Lipinski definition) is 3. The molecule has 4 rings (SSSR count). The van der Waals surface area contributed by atoms with Crippen LogP contribution in [0.5, 0.6) is 0 Å². The Morgan fingerprint density at radius 2 is 1.76 bits per heavy atom. The first-order chi connectivity index (χ1) is 18.0. The summed E-state index contributed by atoms with van der Waals surface area (Å²) < 4.78 is 18.7. The highest BCUT2D eigenvalue weighted by Gasteiger charge is 2.40. The third-order valence-corrected chi connectivity index (χ3v) is 7.44. The Kier molecular flexibility index (Phi) is 9.94. The summed E-state index contributed by atoms with van der Waals surface area (Å²) >= 11 is 0. The number of nitrogens with zero attached hydrogens (tertiary/aromatic N) is 1. The van der Waals surface area contributed by atoms with E-state index in [0.717, 1.165) is 48.4 Å². The number of aliphatic hydroxyl groups is 1. The minimum atomic E-state index is -0.502. The zero-order valence-corrected chi connectivity index (χ0v) is 22.2. The maximum atomic E-state index is 11.7. The van der Waals surface area contributed by atoms with E-state index in [9.17, 15) is 9.90 Å². The summed E-state index contributed by atoms with van der Waals surface area (Å²) in [5.74, 6) is 0.139. The van der Waals surface area contributed by atoms with E-state index >= 15 is 0 Å². The van der Waals surface area contributed by atoms with Crippen LogP contribution >= 0.6 is 0 Å². The standard InChI is InChI=1S/C29H41N3O5/c1-4-30-29(34)31-16-21-7-13-24(14-8-21)28-36-26(17-32-15-5-6-25(32)19-35-3)20(2)27(37-28)23-11-9-22(18-33)10-12-23/h7-14,20,25-28,33H,4-6,15-19H2,1-3H3,(H2,30,31,34)/t20-,25-,26+,27+,28+/m0/s1. The number of methoxy groups -OCH3 is 1. The molecule has 2 saturated heterocycles. The summed E-state index contributed by atoms with van der Waals surface area (Å²) in [4.78, 5) is 14.2. The molecule has 37 heavy (non-hydrogen) atoms. The van der Waals surface area contributed by atoms with Crippen LogP contribution in [0.25, 0.3) is 0 Å². The maximum Gasteiger partial charge on any atom is 0.315 e. The fraction of sp³-hybridized carbons (Fsp3) is 0.552. The van der Waals surface area contributed by atoms with E-state index in [4.69, 9.17) is 14.2 Å². The van der Waals surface area contributed by atoms with Gasteiger partial charge in [0.05, 0.1) is 25.4 Å². The van der Waals surface area contributed by atoms with Crippen LogP contribution in [0, 0.1) is 5.92 Å². The van der Waals surface area contributed by atoms with Crippen LogP contribution < -0.4 is 10.6 Å². The zero-order chi connectivity index (χ0) is 26.2. The van der Waals surface area contributed by atoms with Crippen LogP contribution in [0.3, 0.4) is 0 Å². The maximum absolute atomic E-state index is 11.7. The number of carbonyl (C=O) groups excluding carboxylic acids is 1. The zero-order valence-electron chi connectivity index (χ0n) is 22.2. The molecule has 2 fully saturated rings. The molecule has 0 radical (unpaired) electrons. The molecule has 0 bridgehead atoms. The molecule has 2 aromatic carbocycles. The van der Waals surface area contributed by atoms with Crippen molar-refractivity contribution in [2.45, 2.75) is 64.4 Å². The molecule has 3 N–H and O–H groups in total. The molecule has 5 atom stereocenters. The molecule has 8 heteroatoms. The van der Waals surface area contributed by atoms with Gasteiger partial charge in [-0.25, -0.2) is 4.79 Å². The van der Waals surface area contributed by atoms with E-state index in [1.54, 1.807) is 7.11 Å². The third-order valence-electron chi connectivity index (χ3n) is 7.44. The van der Waals surface area contributed by atoms with E-state index in [2.05, 4.69) is 22.5 Å². The van der Waals surface area contributed by atoms with E-state index in [1.807, 2.05) is 55.5 Å². The van der Waals surface area contributed by atoms with Gasteiger partial charge in [-0.2, -0.15) is 0 Å². The molecular weight excluding hydrogens is 470 g/mol. The number of ether oxygens (including phenoxy) is 3. The summed E-state index contributed by atoms with van der Waals surface area (Å²) in [6.45, 7) is 7.77. The highest BCUT2D eigenvalue weighted by atomic mass is 16.7. The van der Waals surface area contributed by atoms with Crippen molar-refractivity contribution in [1.82, 2.24) is 15.5 Å². The number of hydrogen-bond acceptors (Lipinski definition) is 6. The van der Waals surface area contributed by atoms with Gasteiger partial charge in [0.1, 0.15) is 0 Å². The Morgan fingerprint density at radius 1 is 1.05 bits per heavy atom. The highest BCUT2D eigenvalue weighted by Crippen LogP contribution is 2.42. The number of urea groups is 1. The fourth-order valence-corrected chi connectivity index (χ4v) is 5.27. The minimum absolute atomic E-state index is 0.0159. The third kappa shape index (κ3) is 7.09. The number of rotatable bonds is 10. The fourth-order valence-electron chi connectivity index (χ4n) is 5.27. The number of carbonyl (C=O) groups is 1. The topological polar surface area (TPSA) is 92.3 Å². The predicted octanol–water partition coefficient (Wildman–Crippen LogP) is 3.90. The smallest absolute Gasteiger partial charge is 0.315 e. The predicted molar refractivity (Wildman–Crippen MR) is 142 cm³/mol. The Balaban J connectivity index is 1.52. The number of aliphatic hydroxyl groups excluding tert-OH is 1. The van der Waals surface area contributed by atoms with Gasteiger partial charge in [0.25, 0.3) is 0 Å². The van der Waals surface area contributed by atoms with Crippen LogP contribution in [-0.4, -0.2) is 61.5 Å². The Bertz CT molecular complexity index is 984. The van der Waals surface area contributed by atoms with Crippen molar-refractivity contribution in [2.24, 2.45) is 5.92 Å². The molecule has 0 saturated carbocycles. The molecule has 8 nitrogen and oxygen atoms in total. The summed E-state index contributed by atoms with van der Waals surface area (Å²) in [7, 11) is 1.77. The van der Waals surface area contributed by atoms with Gasteiger partial charge in [0.15, 0.2) is 6.29 Å². The summed E-state index contributed by atoms with van der Waals surface area (Å²) in [6.07, 6.45) is 1.66. The molecule has 2 aliphatic heterocycles. The lowest BCUT2D eigenvalue weighted by Crippen LogP contribution is -2.46. The van der Waals surface area contributed by atoms with Gasteiger partial charge in [-0.05, 0) is 43.0 Å². The molecule has 2 aromatic rings. The van der Waals surface area contributed by atoms with Crippen molar-refractivity contribution in [3.63, 3.8) is 0 Å². The molecule has 0 aromatic heterocycles. The Morgan fingerprint density at radius 3 is 2.43 bits per heavy atom. The van der Waals surface area contributed by atoms with Crippen LogP contribution in [0.15, 0.2) is 48.5 Å². The van der Waals surface area contributed by atoms with Gasteiger partial charge in [0, 0.05) is 44.3 Å². The van der Waals surface area contributed by atoms with E-state index in [-0.39, 0.29) is 30.8 Å². The van der Waals surface area contributed by atoms with E-state index < -0.39 is 6.29 Å². The average Bonchev–Trinajstić information content (AvgIpc) is 3.36. The lowest BCUT2D eigenvalue weighted by Gasteiger charge is -2.43. The first-order valence-electron chi connectivity index (χ1n) is 13.4. The largest absolute Gasteiger partial charge is 0.392 e. The monoisotopic (exact) mass is 511 g/mol. The number of benzene rings is 2. The summed E-state index contributed by atoms with van der Waals surface area (Å²) in [5, 5.41) is 15.1. The van der Waals surface area contributed by atoms with Gasteiger partial charge in [-0.15, -0.1) is 0 Å². The lowest BCUT2D eigenvalue weighted by molar-refractivity contribution is -0.276. The van der Waals surface area contributed by atoms with Crippen molar-refractivity contribution in [1.29, 1.82) is 0 Å². The van der Waals surface area contributed by atoms with Gasteiger partial charge < -0.3 is 30.0 Å². The summed E-state index contributed by atoms with van der Waals surface area (Å²) in [6, 6.07) is 16.3. The Labute approximate surface area is 220 Å². The normalized spacial score (nSPS) is 26.2. The van der Waals surface area contributed by atoms with Crippen molar-refractivity contribution in [3.8, 4) is 0 Å². The lowest BCUT2D eigenvalue weighted by atomic mass is 9.90. The van der Waals surface area contributed by atoms with Crippen molar-refractivity contribution in [2.75, 3.05) is 33.4 Å².